The van der Waals surface area contributed by atoms with Crippen molar-refractivity contribution < 1.29 is 0 Å². The Bertz CT molecular complexity index is 345. The highest BCUT2D eigenvalue weighted by molar-refractivity contribution is 6.31. The molecule has 2 heteroatoms. The third-order valence-electron chi connectivity index (χ3n) is 2.42. The van der Waals surface area contributed by atoms with Crippen molar-refractivity contribution in [3.05, 3.63) is 40.4 Å². The number of hydrogen-bond donors (Lipinski definition) is 1. The maximum atomic E-state index is 6.05. The highest BCUT2D eigenvalue weighted by Crippen LogP contribution is 2.17. The van der Waals surface area contributed by atoms with Gasteiger partial charge in [-0.05, 0) is 50.0 Å². The first-order valence-electron chi connectivity index (χ1n) is 5.87. The lowest BCUT2D eigenvalue weighted by Gasteiger charge is -2.00. The summed E-state index contributed by atoms with van der Waals surface area (Å²) in [7, 11) is 0. The quantitative estimate of drug-likeness (QED) is 0.736. The van der Waals surface area contributed by atoms with Gasteiger partial charge < -0.3 is 5.32 Å². The van der Waals surface area contributed by atoms with Gasteiger partial charge in [0.25, 0.3) is 0 Å². The fourth-order valence-corrected chi connectivity index (χ4v) is 1.61. The second-order valence-corrected chi connectivity index (χ2v) is 4.36. The van der Waals surface area contributed by atoms with E-state index in [0.29, 0.717) is 0 Å². The van der Waals surface area contributed by atoms with E-state index in [-0.39, 0.29) is 0 Å². The van der Waals surface area contributed by atoms with Crippen LogP contribution in [0.5, 0.6) is 0 Å². The first-order valence-corrected chi connectivity index (χ1v) is 6.25. The molecular formula is C14H20ClN. The Balaban J connectivity index is 2.35. The van der Waals surface area contributed by atoms with Crippen LogP contribution in [-0.2, 0) is 0 Å². The van der Waals surface area contributed by atoms with Crippen LogP contribution in [0.2, 0.25) is 5.02 Å². The molecule has 0 spiro atoms. The zero-order chi connectivity index (χ0) is 11.8. The van der Waals surface area contributed by atoms with Crippen molar-refractivity contribution in [2.75, 3.05) is 13.1 Å². The number of aryl methyl sites for hydroxylation is 1. The van der Waals surface area contributed by atoms with Crippen molar-refractivity contribution >= 4 is 17.7 Å². The smallest absolute Gasteiger partial charge is 0.0441 e. The lowest BCUT2D eigenvalue weighted by molar-refractivity contribution is 0.679. The average molecular weight is 238 g/mol. The first-order chi connectivity index (χ1) is 7.74. The summed E-state index contributed by atoms with van der Waals surface area (Å²) in [4.78, 5) is 0. The molecule has 0 saturated carbocycles. The Morgan fingerprint density at radius 2 is 2.12 bits per heavy atom. The van der Waals surface area contributed by atoms with Gasteiger partial charge in [0.05, 0.1) is 0 Å². The van der Waals surface area contributed by atoms with Crippen LogP contribution in [0.15, 0.2) is 24.3 Å². The molecule has 1 rings (SSSR count). The topological polar surface area (TPSA) is 12.0 Å². The van der Waals surface area contributed by atoms with Gasteiger partial charge in [-0.1, -0.05) is 42.8 Å². The average Bonchev–Trinajstić information content (AvgIpc) is 2.28. The van der Waals surface area contributed by atoms with E-state index in [0.717, 1.165) is 30.1 Å². The molecule has 0 heterocycles. The van der Waals surface area contributed by atoms with Gasteiger partial charge in [0, 0.05) is 5.02 Å². The van der Waals surface area contributed by atoms with Crippen LogP contribution < -0.4 is 5.32 Å². The van der Waals surface area contributed by atoms with Gasteiger partial charge in [-0.3, -0.25) is 0 Å². The van der Waals surface area contributed by atoms with E-state index in [1.807, 2.05) is 13.0 Å². The molecule has 0 bridgehead atoms. The van der Waals surface area contributed by atoms with Crippen LogP contribution >= 0.6 is 11.6 Å². The van der Waals surface area contributed by atoms with E-state index >= 15 is 0 Å². The molecule has 0 saturated heterocycles. The van der Waals surface area contributed by atoms with Crippen molar-refractivity contribution in [3.8, 4) is 0 Å². The number of hydrogen-bond acceptors (Lipinski definition) is 1. The minimum Gasteiger partial charge on any atom is -0.316 e. The Morgan fingerprint density at radius 3 is 2.81 bits per heavy atom. The minimum absolute atomic E-state index is 0.839. The zero-order valence-corrected chi connectivity index (χ0v) is 10.8. The van der Waals surface area contributed by atoms with Gasteiger partial charge in [-0.25, -0.2) is 0 Å². The Morgan fingerprint density at radius 1 is 1.31 bits per heavy atom. The summed E-state index contributed by atoms with van der Waals surface area (Å²) < 4.78 is 0. The van der Waals surface area contributed by atoms with Crippen LogP contribution in [0.25, 0.3) is 6.08 Å². The summed E-state index contributed by atoms with van der Waals surface area (Å²) in [5.41, 5.74) is 2.30. The second kappa shape index (κ2) is 7.48. The number of halogens is 1. The van der Waals surface area contributed by atoms with Gasteiger partial charge in [0.2, 0.25) is 0 Å². The molecule has 0 aromatic heterocycles. The van der Waals surface area contributed by atoms with E-state index < -0.39 is 0 Å². The molecular weight excluding hydrogens is 218 g/mol. The standard InChI is InChI=1S/C14H20ClN/c1-3-9-16-10-5-4-6-13-8-7-12(2)14(15)11-13/h4,6-8,11,16H,3,5,9-10H2,1-2H3/b6-4+. The number of rotatable bonds is 6. The van der Waals surface area contributed by atoms with Gasteiger partial charge in [0.1, 0.15) is 0 Å². The first kappa shape index (κ1) is 13.3. The van der Waals surface area contributed by atoms with Gasteiger partial charge in [-0.2, -0.15) is 0 Å². The predicted molar refractivity (Wildman–Crippen MR) is 73.0 cm³/mol. The Kier molecular flexibility index (Phi) is 6.20. The zero-order valence-electron chi connectivity index (χ0n) is 10.1. The molecule has 1 nitrogen and oxygen atoms in total. The normalized spacial score (nSPS) is 11.2. The molecule has 1 aromatic rings. The Hall–Kier alpha value is -0.790. The van der Waals surface area contributed by atoms with E-state index in [2.05, 4.69) is 36.5 Å². The van der Waals surface area contributed by atoms with Crippen molar-refractivity contribution in [2.24, 2.45) is 0 Å². The molecule has 0 aliphatic heterocycles. The summed E-state index contributed by atoms with van der Waals surface area (Å²) in [6.07, 6.45) is 6.56. The van der Waals surface area contributed by atoms with Crippen LogP contribution in [0, 0.1) is 6.92 Å². The maximum Gasteiger partial charge on any atom is 0.0441 e. The molecule has 0 aliphatic carbocycles. The van der Waals surface area contributed by atoms with E-state index in [1.54, 1.807) is 0 Å². The van der Waals surface area contributed by atoms with Crippen molar-refractivity contribution in [1.82, 2.24) is 5.32 Å². The third kappa shape index (κ3) is 4.82. The third-order valence-corrected chi connectivity index (χ3v) is 2.83. The summed E-state index contributed by atoms with van der Waals surface area (Å²) in [6.45, 7) is 6.34. The summed E-state index contributed by atoms with van der Waals surface area (Å²) in [5, 5.41) is 4.20. The van der Waals surface area contributed by atoms with Crippen LogP contribution in [-0.4, -0.2) is 13.1 Å². The van der Waals surface area contributed by atoms with Crippen molar-refractivity contribution in [1.29, 1.82) is 0 Å². The van der Waals surface area contributed by atoms with Crippen molar-refractivity contribution in [2.45, 2.75) is 26.7 Å². The molecule has 0 unspecified atom stereocenters. The molecule has 16 heavy (non-hydrogen) atoms. The van der Waals surface area contributed by atoms with Crippen LogP contribution in [0.4, 0.5) is 0 Å². The SMILES string of the molecule is CCCNCC/C=C/c1ccc(C)c(Cl)c1. The summed E-state index contributed by atoms with van der Waals surface area (Å²) in [6, 6.07) is 6.15. The highest BCUT2D eigenvalue weighted by atomic mass is 35.5. The van der Waals surface area contributed by atoms with Crippen molar-refractivity contribution in [3.63, 3.8) is 0 Å². The van der Waals surface area contributed by atoms with E-state index in [4.69, 9.17) is 11.6 Å². The fourth-order valence-electron chi connectivity index (χ4n) is 1.42. The predicted octanol–water partition coefficient (Wildman–Crippen LogP) is 4.05. The molecule has 88 valence electrons. The van der Waals surface area contributed by atoms with Crippen LogP contribution in [0.1, 0.15) is 30.9 Å². The molecule has 1 N–H and O–H groups in total. The fraction of sp³-hybridized carbons (Fsp3) is 0.429. The molecule has 0 aliphatic rings. The maximum absolute atomic E-state index is 6.05. The molecule has 0 atom stereocenters. The summed E-state index contributed by atoms with van der Waals surface area (Å²) in [5.74, 6) is 0. The lowest BCUT2D eigenvalue weighted by Crippen LogP contribution is -2.14. The Labute approximate surface area is 104 Å². The molecule has 0 fully saturated rings. The van der Waals surface area contributed by atoms with Gasteiger partial charge >= 0.3 is 0 Å². The summed E-state index contributed by atoms with van der Waals surface area (Å²) >= 11 is 6.05. The highest BCUT2D eigenvalue weighted by Gasteiger charge is 1.94. The van der Waals surface area contributed by atoms with Gasteiger partial charge in [0.15, 0.2) is 0 Å². The largest absolute Gasteiger partial charge is 0.316 e. The second-order valence-electron chi connectivity index (χ2n) is 3.95. The molecule has 0 radical (unpaired) electrons. The monoisotopic (exact) mass is 237 g/mol. The molecule has 1 aromatic carbocycles. The lowest BCUT2D eigenvalue weighted by atomic mass is 10.1. The van der Waals surface area contributed by atoms with E-state index in [1.165, 1.54) is 12.0 Å². The molecule has 0 amide bonds. The van der Waals surface area contributed by atoms with Crippen LogP contribution in [0.3, 0.4) is 0 Å². The number of nitrogens with one attached hydrogen (secondary N) is 1. The van der Waals surface area contributed by atoms with E-state index in [9.17, 15) is 0 Å². The minimum atomic E-state index is 0.839. The van der Waals surface area contributed by atoms with Gasteiger partial charge in [-0.15, -0.1) is 0 Å². The number of benzene rings is 1.